The van der Waals surface area contributed by atoms with Gasteiger partial charge >= 0.3 is 0 Å². The molecule has 2 aromatic carbocycles. The Kier molecular flexibility index (Phi) is 5.18. The van der Waals surface area contributed by atoms with Crippen molar-refractivity contribution < 1.29 is 4.79 Å². The maximum atomic E-state index is 12.5. The molecule has 4 heteroatoms. The van der Waals surface area contributed by atoms with E-state index in [1.165, 1.54) is 0 Å². The van der Waals surface area contributed by atoms with Gasteiger partial charge in [0, 0.05) is 23.0 Å². The van der Waals surface area contributed by atoms with Crippen LogP contribution in [0.2, 0.25) is 10.0 Å². The first-order chi connectivity index (χ1) is 9.63. The van der Waals surface area contributed by atoms with Crippen LogP contribution in [-0.4, -0.2) is 12.3 Å². The Morgan fingerprint density at radius 1 is 1.00 bits per heavy atom. The standard InChI is InChI=1S/C16H15Cl2NO/c17-14-7-4-8-15(18)12(14)9-16(20)13(10-19)11-5-2-1-3-6-11/h1-8,13H,9-10,19H2. The number of hydrogen-bond donors (Lipinski definition) is 1. The number of nitrogens with two attached hydrogens (primary N) is 1. The van der Waals surface area contributed by atoms with E-state index in [-0.39, 0.29) is 24.7 Å². The van der Waals surface area contributed by atoms with E-state index in [4.69, 9.17) is 28.9 Å². The van der Waals surface area contributed by atoms with Gasteiger partial charge in [-0.1, -0.05) is 59.6 Å². The summed E-state index contributed by atoms with van der Waals surface area (Å²) in [6, 6.07) is 14.7. The zero-order valence-corrected chi connectivity index (χ0v) is 12.4. The monoisotopic (exact) mass is 307 g/mol. The Balaban J connectivity index is 2.23. The Morgan fingerprint density at radius 2 is 1.60 bits per heavy atom. The number of Topliss-reactive ketones (excluding diaryl/α,β-unsaturated/α-hetero) is 1. The molecule has 0 heterocycles. The molecular formula is C16H15Cl2NO. The number of carbonyl (C=O) groups excluding carboxylic acids is 1. The molecule has 2 nitrogen and oxygen atoms in total. The zero-order chi connectivity index (χ0) is 14.5. The topological polar surface area (TPSA) is 43.1 Å². The van der Waals surface area contributed by atoms with E-state index in [1.54, 1.807) is 18.2 Å². The molecule has 0 aliphatic rings. The third kappa shape index (κ3) is 3.40. The summed E-state index contributed by atoms with van der Waals surface area (Å²) < 4.78 is 0. The fraction of sp³-hybridized carbons (Fsp3) is 0.188. The highest BCUT2D eigenvalue weighted by Crippen LogP contribution is 2.27. The Hall–Kier alpha value is -1.35. The van der Waals surface area contributed by atoms with Gasteiger partial charge in [-0.2, -0.15) is 0 Å². The second-order valence-electron chi connectivity index (χ2n) is 4.54. The van der Waals surface area contributed by atoms with Crippen LogP contribution < -0.4 is 5.73 Å². The molecule has 2 rings (SSSR count). The first-order valence-corrected chi connectivity index (χ1v) is 7.09. The maximum absolute atomic E-state index is 12.5. The predicted molar refractivity (Wildman–Crippen MR) is 83.4 cm³/mol. The third-order valence-corrected chi connectivity index (χ3v) is 3.95. The first-order valence-electron chi connectivity index (χ1n) is 6.34. The van der Waals surface area contributed by atoms with E-state index in [0.717, 1.165) is 5.56 Å². The largest absolute Gasteiger partial charge is 0.329 e. The minimum Gasteiger partial charge on any atom is -0.329 e. The third-order valence-electron chi connectivity index (χ3n) is 3.24. The number of rotatable bonds is 5. The van der Waals surface area contributed by atoms with Gasteiger partial charge in [-0.15, -0.1) is 0 Å². The van der Waals surface area contributed by atoms with Gasteiger partial charge in [-0.3, -0.25) is 4.79 Å². The van der Waals surface area contributed by atoms with E-state index >= 15 is 0 Å². The van der Waals surface area contributed by atoms with Crippen LogP contribution in [0.5, 0.6) is 0 Å². The number of ketones is 1. The quantitative estimate of drug-likeness (QED) is 0.912. The predicted octanol–water partition coefficient (Wildman–Crippen LogP) is 3.85. The fourth-order valence-electron chi connectivity index (χ4n) is 2.14. The molecule has 0 fully saturated rings. The fourth-order valence-corrected chi connectivity index (χ4v) is 2.67. The minimum atomic E-state index is -0.330. The zero-order valence-electron chi connectivity index (χ0n) is 10.9. The molecule has 0 aliphatic carbocycles. The SMILES string of the molecule is NCC(C(=O)Cc1c(Cl)cccc1Cl)c1ccccc1. The highest BCUT2D eigenvalue weighted by atomic mass is 35.5. The molecule has 20 heavy (non-hydrogen) atoms. The van der Waals surface area contributed by atoms with E-state index in [9.17, 15) is 4.79 Å². The summed E-state index contributed by atoms with van der Waals surface area (Å²) in [5.41, 5.74) is 7.33. The van der Waals surface area contributed by atoms with Crippen LogP contribution in [-0.2, 0) is 11.2 Å². The summed E-state index contributed by atoms with van der Waals surface area (Å²) in [5.74, 6) is -0.308. The summed E-state index contributed by atoms with van der Waals surface area (Å²) >= 11 is 12.2. The van der Waals surface area contributed by atoms with Crippen molar-refractivity contribution in [3.8, 4) is 0 Å². The molecule has 0 amide bonds. The van der Waals surface area contributed by atoms with Crippen molar-refractivity contribution in [1.29, 1.82) is 0 Å². The van der Waals surface area contributed by atoms with Crippen molar-refractivity contribution in [1.82, 2.24) is 0 Å². The van der Waals surface area contributed by atoms with Crippen molar-refractivity contribution >= 4 is 29.0 Å². The average Bonchev–Trinajstić information content (AvgIpc) is 2.45. The summed E-state index contributed by atoms with van der Waals surface area (Å²) in [5, 5.41) is 1.02. The lowest BCUT2D eigenvalue weighted by Crippen LogP contribution is -2.23. The highest BCUT2D eigenvalue weighted by Gasteiger charge is 2.21. The van der Waals surface area contributed by atoms with Gasteiger partial charge in [0.25, 0.3) is 0 Å². The number of hydrogen-bond acceptors (Lipinski definition) is 2. The van der Waals surface area contributed by atoms with E-state index < -0.39 is 0 Å². The number of benzene rings is 2. The normalized spacial score (nSPS) is 12.2. The highest BCUT2D eigenvalue weighted by molar-refractivity contribution is 6.36. The van der Waals surface area contributed by atoms with Crippen molar-refractivity contribution in [2.45, 2.75) is 12.3 Å². The summed E-state index contributed by atoms with van der Waals surface area (Å²) in [6.07, 6.45) is 0.190. The molecule has 2 N–H and O–H groups in total. The number of halogens is 2. The Morgan fingerprint density at radius 3 is 2.15 bits per heavy atom. The van der Waals surface area contributed by atoms with Gasteiger partial charge in [-0.05, 0) is 23.3 Å². The molecular weight excluding hydrogens is 293 g/mol. The van der Waals surface area contributed by atoms with Crippen LogP contribution in [0.1, 0.15) is 17.0 Å². The van der Waals surface area contributed by atoms with Gasteiger partial charge in [0.05, 0.1) is 5.92 Å². The van der Waals surface area contributed by atoms with E-state index in [2.05, 4.69) is 0 Å². The molecule has 0 aromatic heterocycles. The summed E-state index contributed by atoms with van der Waals surface area (Å²) in [6.45, 7) is 0.269. The molecule has 0 saturated heterocycles. The Bertz CT molecular complexity index is 578. The average molecular weight is 308 g/mol. The van der Waals surface area contributed by atoms with E-state index in [0.29, 0.717) is 15.6 Å². The summed E-state index contributed by atoms with van der Waals surface area (Å²) in [7, 11) is 0. The van der Waals surface area contributed by atoms with Crippen molar-refractivity contribution in [2.75, 3.05) is 6.54 Å². The lowest BCUT2D eigenvalue weighted by molar-refractivity contribution is -0.119. The molecule has 2 aromatic rings. The smallest absolute Gasteiger partial charge is 0.146 e. The summed E-state index contributed by atoms with van der Waals surface area (Å²) in [4.78, 5) is 12.5. The van der Waals surface area contributed by atoms with Crippen molar-refractivity contribution in [2.24, 2.45) is 5.73 Å². The maximum Gasteiger partial charge on any atom is 0.146 e. The van der Waals surface area contributed by atoms with Gasteiger partial charge in [0.2, 0.25) is 0 Å². The molecule has 0 radical (unpaired) electrons. The van der Waals surface area contributed by atoms with Crippen LogP contribution in [0, 0.1) is 0 Å². The van der Waals surface area contributed by atoms with Gasteiger partial charge in [0.1, 0.15) is 5.78 Å². The molecule has 104 valence electrons. The second kappa shape index (κ2) is 6.89. The first kappa shape index (κ1) is 15.0. The van der Waals surface area contributed by atoms with Crippen LogP contribution in [0.3, 0.4) is 0 Å². The molecule has 1 atom stereocenters. The van der Waals surface area contributed by atoms with Crippen molar-refractivity contribution in [3.05, 3.63) is 69.7 Å². The molecule has 1 unspecified atom stereocenters. The number of carbonyl (C=O) groups is 1. The van der Waals surface area contributed by atoms with Crippen LogP contribution >= 0.6 is 23.2 Å². The van der Waals surface area contributed by atoms with Gasteiger partial charge in [0.15, 0.2) is 0 Å². The minimum absolute atomic E-state index is 0.0219. The van der Waals surface area contributed by atoms with Crippen LogP contribution in [0.4, 0.5) is 0 Å². The molecule has 0 spiro atoms. The lowest BCUT2D eigenvalue weighted by Gasteiger charge is -2.15. The van der Waals surface area contributed by atoms with Crippen LogP contribution in [0.25, 0.3) is 0 Å². The molecule has 0 saturated carbocycles. The van der Waals surface area contributed by atoms with Gasteiger partial charge < -0.3 is 5.73 Å². The van der Waals surface area contributed by atoms with Gasteiger partial charge in [-0.25, -0.2) is 0 Å². The second-order valence-corrected chi connectivity index (χ2v) is 5.36. The van der Waals surface area contributed by atoms with Crippen molar-refractivity contribution in [3.63, 3.8) is 0 Å². The van der Waals surface area contributed by atoms with E-state index in [1.807, 2.05) is 30.3 Å². The molecule has 0 aliphatic heterocycles. The van der Waals surface area contributed by atoms with Crippen LogP contribution in [0.15, 0.2) is 48.5 Å². The molecule has 0 bridgehead atoms. The lowest BCUT2D eigenvalue weighted by atomic mass is 9.91. The Labute approximate surface area is 128 Å².